The maximum Gasteiger partial charge on any atom is 0.211 e. The van der Waals surface area contributed by atoms with Crippen molar-refractivity contribution in [3.05, 3.63) is 5.69 Å². The van der Waals surface area contributed by atoms with Crippen molar-refractivity contribution < 1.29 is 8.42 Å². The number of nitrogens with two attached hydrogens (primary N) is 1. The third kappa shape index (κ3) is 3.06. The van der Waals surface area contributed by atoms with Crippen molar-refractivity contribution in [2.24, 2.45) is 0 Å². The van der Waals surface area contributed by atoms with Crippen molar-refractivity contribution in [2.45, 2.75) is 39.3 Å². The van der Waals surface area contributed by atoms with Crippen LogP contribution in [0.15, 0.2) is 0 Å². The van der Waals surface area contributed by atoms with Gasteiger partial charge in [0, 0.05) is 25.7 Å². The largest absolute Gasteiger partial charge is 0.394 e. The van der Waals surface area contributed by atoms with Gasteiger partial charge in [-0.05, 0) is 26.7 Å². The molecule has 8 heteroatoms. The second-order valence-electron chi connectivity index (χ2n) is 5.24. The van der Waals surface area contributed by atoms with Crippen LogP contribution in [-0.4, -0.2) is 47.9 Å². The van der Waals surface area contributed by atoms with Crippen molar-refractivity contribution in [1.82, 2.24) is 14.1 Å². The molecule has 3 N–H and O–H groups in total. The molecule has 0 radical (unpaired) electrons. The van der Waals surface area contributed by atoms with E-state index in [9.17, 15) is 8.42 Å². The van der Waals surface area contributed by atoms with Crippen LogP contribution in [0.5, 0.6) is 0 Å². The fourth-order valence-electron chi connectivity index (χ4n) is 2.50. The molecule has 114 valence electrons. The summed E-state index contributed by atoms with van der Waals surface area (Å²) in [5.74, 6) is 0.850. The summed E-state index contributed by atoms with van der Waals surface area (Å²) in [6.07, 6.45) is 2.81. The van der Waals surface area contributed by atoms with Crippen molar-refractivity contribution in [3.63, 3.8) is 0 Å². The zero-order valence-electron chi connectivity index (χ0n) is 12.3. The average Bonchev–Trinajstić information content (AvgIpc) is 2.66. The van der Waals surface area contributed by atoms with Gasteiger partial charge in [-0.2, -0.15) is 5.10 Å². The molecule has 1 aliphatic rings. The van der Waals surface area contributed by atoms with Crippen LogP contribution in [0, 0.1) is 6.92 Å². The van der Waals surface area contributed by atoms with Crippen LogP contribution in [-0.2, 0) is 16.6 Å². The smallest absolute Gasteiger partial charge is 0.211 e. The molecule has 0 unspecified atom stereocenters. The van der Waals surface area contributed by atoms with Crippen LogP contribution in [0.3, 0.4) is 0 Å². The predicted molar refractivity (Wildman–Crippen MR) is 80.1 cm³/mol. The molecule has 0 amide bonds. The van der Waals surface area contributed by atoms with Gasteiger partial charge < -0.3 is 11.1 Å². The fraction of sp³-hybridized carbons (Fsp3) is 0.750. The molecule has 0 atom stereocenters. The van der Waals surface area contributed by atoms with Gasteiger partial charge in [0.05, 0.1) is 17.6 Å². The minimum absolute atomic E-state index is 0.233. The molecule has 1 aromatic heterocycles. The van der Waals surface area contributed by atoms with Gasteiger partial charge >= 0.3 is 0 Å². The van der Waals surface area contributed by atoms with E-state index in [0.717, 1.165) is 30.9 Å². The number of nitrogens with one attached hydrogen (secondary N) is 1. The topological polar surface area (TPSA) is 93.2 Å². The molecule has 0 saturated carbocycles. The Kier molecular flexibility index (Phi) is 4.24. The summed E-state index contributed by atoms with van der Waals surface area (Å²) in [6, 6.07) is 0.233. The van der Waals surface area contributed by atoms with E-state index in [1.54, 1.807) is 0 Å². The molecule has 0 spiro atoms. The number of sulfonamides is 1. The molecule has 7 nitrogen and oxygen atoms in total. The Bertz CT molecular complexity index is 573. The minimum atomic E-state index is -3.08. The third-order valence-corrected chi connectivity index (χ3v) is 5.04. The highest BCUT2D eigenvalue weighted by molar-refractivity contribution is 7.88. The first-order valence-corrected chi connectivity index (χ1v) is 8.72. The summed E-state index contributed by atoms with van der Waals surface area (Å²) in [6.45, 7) is 5.76. The summed E-state index contributed by atoms with van der Waals surface area (Å²) in [5, 5.41) is 7.79. The van der Waals surface area contributed by atoms with Crippen LogP contribution < -0.4 is 11.1 Å². The zero-order valence-corrected chi connectivity index (χ0v) is 13.1. The number of aromatic nitrogens is 2. The molecule has 0 aromatic carbocycles. The van der Waals surface area contributed by atoms with Gasteiger partial charge in [-0.25, -0.2) is 17.4 Å². The van der Waals surface area contributed by atoms with E-state index >= 15 is 0 Å². The Morgan fingerprint density at radius 2 is 2.00 bits per heavy atom. The highest BCUT2D eigenvalue weighted by Crippen LogP contribution is 2.25. The third-order valence-electron chi connectivity index (χ3n) is 3.74. The van der Waals surface area contributed by atoms with E-state index in [0.29, 0.717) is 18.8 Å². The average molecular weight is 301 g/mol. The van der Waals surface area contributed by atoms with E-state index in [1.165, 1.54) is 10.6 Å². The van der Waals surface area contributed by atoms with Crippen LogP contribution in [0.4, 0.5) is 11.5 Å². The van der Waals surface area contributed by atoms with Crippen molar-refractivity contribution >= 4 is 21.5 Å². The normalized spacial score (nSPS) is 18.4. The molecule has 1 aliphatic heterocycles. The first-order valence-electron chi connectivity index (χ1n) is 6.87. The number of anilines is 2. The Morgan fingerprint density at radius 1 is 1.40 bits per heavy atom. The number of aryl methyl sites for hydroxylation is 2. The summed E-state index contributed by atoms with van der Waals surface area (Å²) < 4.78 is 26.3. The second kappa shape index (κ2) is 5.61. The lowest BCUT2D eigenvalue weighted by atomic mass is 10.1. The number of rotatable bonds is 4. The first-order chi connectivity index (χ1) is 9.32. The molecule has 0 aliphatic carbocycles. The van der Waals surface area contributed by atoms with E-state index in [4.69, 9.17) is 5.73 Å². The van der Waals surface area contributed by atoms with E-state index in [1.807, 2.05) is 18.5 Å². The SMILES string of the molecule is CCn1nc(C)c(N)c1NC1CCN(S(C)(=O)=O)CC1. The van der Waals surface area contributed by atoms with Gasteiger partial charge in [-0.15, -0.1) is 0 Å². The summed E-state index contributed by atoms with van der Waals surface area (Å²) in [7, 11) is -3.08. The molecule has 20 heavy (non-hydrogen) atoms. The van der Waals surface area contributed by atoms with Gasteiger partial charge in [0.15, 0.2) is 0 Å². The van der Waals surface area contributed by atoms with Gasteiger partial charge in [0.25, 0.3) is 0 Å². The van der Waals surface area contributed by atoms with E-state index in [2.05, 4.69) is 10.4 Å². The number of nitrogens with zero attached hydrogens (tertiary/aromatic N) is 3. The quantitative estimate of drug-likeness (QED) is 0.851. The van der Waals surface area contributed by atoms with E-state index < -0.39 is 10.0 Å². The lowest BCUT2D eigenvalue weighted by Crippen LogP contribution is -2.42. The summed E-state index contributed by atoms with van der Waals surface area (Å²) in [5.41, 5.74) is 7.54. The van der Waals surface area contributed by atoms with Gasteiger partial charge in [-0.1, -0.05) is 0 Å². The number of hydrogen-bond acceptors (Lipinski definition) is 5. The van der Waals surface area contributed by atoms with E-state index in [-0.39, 0.29) is 6.04 Å². The summed E-state index contributed by atoms with van der Waals surface area (Å²) >= 11 is 0. The molecule has 0 bridgehead atoms. The van der Waals surface area contributed by atoms with Gasteiger partial charge in [0.2, 0.25) is 10.0 Å². The molecule has 2 rings (SSSR count). The van der Waals surface area contributed by atoms with Crippen molar-refractivity contribution in [2.75, 3.05) is 30.4 Å². The molecule has 1 fully saturated rings. The minimum Gasteiger partial charge on any atom is -0.394 e. The first kappa shape index (κ1) is 15.1. The highest BCUT2D eigenvalue weighted by Gasteiger charge is 2.26. The highest BCUT2D eigenvalue weighted by atomic mass is 32.2. The van der Waals surface area contributed by atoms with Gasteiger partial charge in [-0.3, -0.25) is 0 Å². The van der Waals surface area contributed by atoms with Crippen LogP contribution in [0.2, 0.25) is 0 Å². The number of piperidine rings is 1. The Hall–Kier alpha value is -1.28. The van der Waals surface area contributed by atoms with Crippen molar-refractivity contribution in [3.8, 4) is 0 Å². The van der Waals surface area contributed by atoms with Crippen molar-refractivity contribution in [1.29, 1.82) is 0 Å². The second-order valence-corrected chi connectivity index (χ2v) is 7.23. The zero-order chi connectivity index (χ0) is 14.9. The molecule has 2 heterocycles. The Balaban J connectivity index is 2.03. The summed E-state index contributed by atoms with van der Waals surface area (Å²) in [4.78, 5) is 0. The predicted octanol–water partition coefficient (Wildman–Crippen LogP) is 0.630. The van der Waals surface area contributed by atoms with Crippen LogP contribution in [0.1, 0.15) is 25.5 Å². The molecular formula is C12H23N5O2S. The standard InChI is InChI=1S/C12H23N5O2S/c1-4-17-12(11(13)9(2)15-17)14-10-5-7-16(8-6-10)20(3,18)19/h10,14H,4-8,13H2,1-3H3. The Labute approximate surface area is 120 Å². The van der Waals surface area contributed by atoms with Crippen LogP contribution >= 0.6 is 0 Å². The maximum atomic E-state index is 11.5. The number of hydrogen-bond donors (Lipinski definition) is 2. The maximum absolute atomic E-state index is 11.5. The van der Waals surface area contributed by atoms with Crippen LogP contribution in [0.25, 0.3) is 0 Å². The Morgan fingerprint density at radius 3 is 2.50 bits per heavy atom. The molecule has 1 saturated heterocycles. The lowest BCUT2D eigenvalue weighted by molar-refractivity contribution is 0.331. The molecule has 1 aromatic rings. The monoisotopic (exact) mass is 301 g/mol. The molecular weight excluding hydrogens is 278 g/mol. The fourth-order valence-corrected chi connectivity index (χ4v) is 3.38. The number of nitrogen functional groups attached to an aromatic ring is 1. The van der Waals surface area contributed by atoms with Gasteiger partial charge in [0.1, 0.15) is 5.82 Å². The lowest BCUT2D eigenvalue weighted by Gasteiger charge is -2.31.